The van der Waals surface area contributed by atoms with Crippen molar-refractivity contribution in [3.63, 3.8) is 0 Å². The summed E-state index contributed by atoms with van der Waals surface area (Å²) in [6, 6.07) is 2.93. The van der Waals surface area contributed by atoms with Crippen LogP contribution in [-0.2, 0) is 0 Å². The number of hydrogen-bond donors (Lipinski definition) is 1. The molecule has 0 unspecified atom stereocenters. The summed E-state index contributed by atoms with van der Waals surface area (Å²) >= 11 is 0. The Kier molecular flexibility index (Phi) is 6.90. The fraction of sp³-hybridized carbons (Fsp3) is 0.571. The molecule has 0 aromatic heterocycles. The van der Waals surface area contributed by atoms with Crippen molar-refractivity contribution in [3.8, 4) is 5.75 Å². The molecule has 0 saturated carbocycles. The summed E-state index contributed by atoms with van der Waals surface area (Å²) in [6.07, 6.45) is -4.15. The Morgan fingerprint density at radius 1 is 1.27 bits per heavy atom. The first-order valence-corrected chi connectivity index (χ1v) is 6.90. The standard InChI is InChI=1S/C14H18F4N2O.ClH/c1-2-13(20-7-5-19-6-8-20)11-9-10(3-4-12(11)15)21-14(16,17)18;/h3-4,9,13,19H,2,5-8H2,1H3;1H/t13-;/m0./s1. The second kappa shape index (κ2) is 7.99. The van der Waals surface area contributed by atoms with Gasteiger partial charge in [0.1, 0.15) is 11.6 Å². The number of ether oxygens (including phenoxy) is 1. The SMILES string of the molecule is CC[C@@H](c1cc(OC(F)(F)F)ccc1F)N1CCNCC1.Cl. The lowest BCUT2D eigenvalue weighted by atomic mass is 10.0. The summed E-state index contributed by atoms with van der Waals surface area (Å²) < 4.78 is 54.7. The summed E-state index contributed by atoms with van der Waals surface area (Å²) in [6.45, 7) is 4.95. The highest BCUT2D eigenvalue weighted by atomic mass is 35.5. The monoisotopic (exact) mass is 342 g/mol. The number of halogens is 5. The predicted octanol–water partition coefficient (Wildman–Crippen LogP) is 3.50. The number of alkyl halides is 3. The smallest absolute Gasteiger partial charge is 0.406 e. The molecule has 1 fully saturated rings. The van der Waals surface area contributed by atoms with Crippen molar-refractivity contribution in [2.75, 3.05) is 26.2 Å². The van der Waals surface area contributed by atoms with Gasteiger partial charge in [0.25, 0.3) is 0 Å². The van der Waals surface area contributed by atoms with Crippen molar-refractivity contribution in [2.24, 2.45) is 0 Å². The molecule has 0 radical (unpaired) electrons. The molecule has 0 bridgehead atoms. The largest absolute Gasteiger partial charge is 0.573 e. The van der Waals surface area contributed by atoms with Crippen LogP contribution in [0.3, 0.4) is 0 Å². The van der Waals surface area contributed by atoms with Gasteiger partial charge in [-0.1, -0.05) is 6.92 Å². The molecule has 8 heteroatoms. The van der Waals surface area contributed by atoms with Crippen LogP contribution in [0.2, 0.25) is 0 Å². The van der Waals surface area contributed by atoms with E-state index in [0.717, 1.165) is 44.4 Å². The maximum absolute atomic E-state index is 14.0. The van der Waals surface area contributed by atoms with Gasteiger partial charge in [0.15, 0.2) is 0 Å². The molecule has 1 saturated heterocycles. The summed E-state index contributed by atoms with van der Waals surface area (Å²) in [5, 5.41) is 3.19. The number of piperazine rings is 1. The number of nitrogens with zero attached hydrogens (tertiary/aromatic N) is 1. The third-order valence-corrected chi connectivity index (χ3v) is 3.54. The average Bonchev–Trinajstić information content (AvgIpc) is 2.43. The maximum atomic E-state index is 14.0. The van der Waals surface area contributed by atoms with E-state index < -0.39 is 12.2 Å². The second-order valence-corrected chi connectivity index (χ2v) is 4.94. The number of nitrogens with one attached hydrogen (secondary N) is 1. The zero-order valence-electron chi connectivity index (χ0n) is 12.1. The Hall–Kier alpha value is -1.05. The van der Waals surface area contributed by atoms with Gasteiger partial charge in [0.05, 0.1) is 0 Å². The van der Waals surface area contributed by atoms with Crippen molar-refractivity contribution in [2.45, 2.75) is 25.7 Å². The van der Waals surface area contributed by atoms with E-state index in [4.69, 9.17) is 0 Å². The van der Waals surface area contributed by atoms with Gasteiger partial charge >= 0.3 is 6.36 Å². The molecule has 22 heavy (non-hydrogen) atoms. The van der Waals surface area contributed by atoms with Crippen LogP contribution in [0.15, 0.2) is 18.2 Å². The van der Waals surface area contributed by atoms with Crippen LogP contribution < -0.4 is 10.1 Å². The molecule has 1 N–H and O–H groups in total. The van der Waals surface area contributed by atoms with Crippen LogP contribution in [0.4, 0.5) is 17.6 Å². The van der Waals surface area contributed by atoms with E-state index in [0.29, 0.717) is 6.42 Å². The molecule has 1 aromatic carbocycles. The highest BCUT2D eigenvalue weighted by Gasteiger charge is 2.32. The Morgan fingerprint density at radius 2 is 1.91 bits per heavy atom. The average molecular weight is 343 g/mol. The van der Waals surface area contributed by atoms with E-state index >= 15 is 0 Å². The fourth-order valence-corrected chi connectivity index (χ4v) is 2.64. The third-order valence-electron chi connectivity index (χ3n) is 3.54. The Balaban J connectivity index is 0.00000242. The highest BCUT2D eigenvalue weighted by molar-refractivity contribution is 5.85. The third kappa shape index (κ3) is 5.00. The molecule has 0 aliphatic carbocycles. The predicted molar refractivity (Wildman–Crippen MR) is 77.8 cm³/mol. The zero-order valence-corrected chi connectivity index (χ0v) is 12.9. The van der Waals surface area contributed by atoms with Gasteiger partial charge in [0, 0.05) is 37.8 Å². The van der Waals surface area contributed by atoms with Gasteiger partial charge in [-0.05, 0) is 24.6 Å². The minimum Gasteiger partial charge on any atom is -0.406 e. The van der Waals surface area contributed by atoms with Crippen LogP contribution in [0.5, 0.6) is 5.75 Å². The molecule has 1 aromatic rings. The minimum atomic E-state index is -4.77. The van der Waals surface area contributed by atoms with Crippen LogP contribution >= 0.6 is 12.4 Å². The molecule has 3 nitrogen and oxygen atoms in total. The van der Waals surface area contributed by atoms with Crippen molar-refractivity contribution < 1.29 is 22.3 Å². The normalized spacial score (nSPS) is 17.7. The second-order valence-electron chi connectivity index (χ2n) is 4.94. The van der Waals surface area contributed by atoms with Gasteiger partial charge in [-0.2, -0.15) is 0 Å². The van der Waals surface area contributed by atoms with Gasteiger partial charge in [-0.15, -0.1) is 25.6 Å². The molecule has 1 aliphatic heterocycles. The summed E-state index contributed by atoms with van der Waals surface area (Å²) in [4.78, 5) is 2.08. The lowest BCUT2D eigenvalue weighted by molar-refractivity contribution is -0.274. The summed E-state index contributed by atoms with van der Waals surface area (Å²) in [7, 11) is 0. The molecule has 1 heterocycles. The van der Waals surface area contributed by atoms with Gasteiger partial charge < -0.3 is 10.1 Å². The molecule has 1 aliphatic rings. The molecular formula is C14H19ClF4N2O. The van der Waals surface area contributed by atoms with Crippen LogP contribution in [0, 0.1) is 5.82 Å². The number of rotatable bonds is 4. The van der Waals surface area contributed by atoms with Crippen molar-refractivity contribution in [3.05, 3.63) is 29.6 Å². The maximum Gasteiger partial charge on any atom is 0.573 e. The Labute approximate surface area is 133 Å². The van der Waals surface area contributed by atoms with E-state index in [1.54, 1.807) is 0 Å². The summed E-state index contributed by atoms with van der Waals surface area (Å²) in [5.41, 5.74) is 0.251. The highest BCUT2D eigenvalue weighted by Crippen LogP contribution is 2.31. The molecular weight excluding hydrogens is 324 g/mol. The van der Waals surface area contributed by atoms with Crippen molar-refractivity contribution >= 4 is 12.4 Å². The lowest BCUT2D eigenvalue weighted by Crippen LogP contribution is -2.45. The molecule has 126 valence electrons. The molecule has 2 rings (SSSR count). The van der Waals surface area contributed by atoms with E-state index in [1.807, 2.05) is 6.92 Å². The van der Waals surface area contributed by atoms with Gasteiger partial charge in [-0.25, -0.2) is 4.39 Å². The minimum absolute atomic E-state index is 0. The van der Waals surface area contributed by atoms with E-state index in [2.05, 4.69) is 15.0 Å². The topological polar surface area (TPSA) is 24.5 Å². The quantitative estimate of drug-likeness (QED) is 0.848. The Morgan fingerprint density at radius 3 is 2.45 bits per heavy atom. The zero-order chi connectivity index (χ0) is 15.5. The Bertz CT molecular complexity index is 478. The molecule has 0 amide bonds. The van der Waals surface area contributed by atoms with Crippen LogP contribution in [0.1, 0.15) is 24.9 Å². The van der Waals surface area contributed by atoms with E-state index in [-0.39, 0.29) is 29.8 Å². The number of hydrogen-bond acceptors (Lipinski definition) is 3. The van der Waals surface area contributed by atoms with Crippen molar-refractivity contribution in [1.82, 2.24) is 10.2 Å². The summed E-state index contributed by atoms with van der Waals surface area (Å²) in [5.74, 6) is -0.887. The van der Waals surface area contributed by atoms with Crippen LogP contribution in [-0.4, -0.2) is 37.4 Å². The molecule has 1 atom stereocenters. The first-order valence-electron chi connectivity index (χ1n) is 6.90. The number of benzene rings is 1. The van der Waals surface area contributed by atoms with Gasteiger partial charge in [-0.3, -0.25) is 4.90 Å². The fourth-order valence-electron chi connectivity index (χ4n) is 2.64. The van der Waals surface area contributed by atoms with Crippen LogP contribution in [0.25, 0.3) is 0 Å². The molecule has 0 spiro atoms. The lowest BCUT2D eigenvalue weighted by Gasteiger charge is -2.35. The van der Waals surface area contributed by atoms with Gasteiger partial charge in [0.2, 0.25) is 0 Å². The first kappa shape index (κ1) is 19.0. The van der Waals surface area contributed by atoms with E-state index in [9.17, 15) is 17.6 Å². The van der Waals surface area contributed by atoms with Crippen molar-refractivity contribution in [1.29, 1.82) is 0 Å². The van der Waals surface area contributed by atoms with E-state index in [1.165, 1.54) is 0 Å². The first-order chi connectivity index (χ1) is 9.90.